The molecule has 0 spiro atoms. The lowest BCUT2D eigenvalue weighted by atomic mass is 10.1. The molecule has 0 radical (unpaired) electrons. The zero-order valence-corrected chi connectivity index (χ0v) is 17.6. The maximum Gasteiger partial charge on any atom is 0.413 e. The SMILES string of the molecule is Cc1nc(-c2ccn(CCc3ccc(F)cc3)n2)sc1OC(=O)NCc1cccnc1. The molecule has 4 aromatic rings. The number of carbonyl (C=O) groups excluding carboxylic acids is 1. The summed E-state index contributed by atoms with van der Waals surface area (Å²) in [6.45, 7) is 2.78. The average Bonchev–Trinajstić information content (AvgIpc) is 3.39. The summed E-state index contributed by atoms with van der Waals surface area (Å²) in [5, 5.41) is 8.35. The molecular weight excluding hydrogens is 417 g/mol. The van der Waals surface area contributed by atoms with Gasteiger partial charge in [0.05, 0.1) is 5.69 Å². The first-order valence-corrected chi connectivity index (χ1v) is 10.5. The van der Waals surface area contributed by atoms with Gasteiger partial charge in [0.1, 0.15) is 16.5 Å². The second-order valence-electron chi connectivity index (χ2n) is 6.84. The largest absolute Gasteiger partial charge is 0.413 e. The highest BCUT2D eigenvalue weighted by atomic mass is 32.1. The molecule has 9 heteroatoms. The normalized spacial score (nSPS) is 10.8. The fraction of sp³-hybridized carbons (Fsp3) is 0.182. The van der Waals surface area contributed by atoms with E-state index in [1.807, 2.05) is 23.0 Å². The smallest absolute Gasteiger partial charge is 0.397 e. The Morgan fingerprint density at radius 3 is 2.81 bits per heavy atom. The van der Waals surface area contributed by atoms with E-state index >= 15 is 0 Å². The minimum Gasteiger partial charge on any atom is -0.397 e. The average molecular weight is 438 g/mol. The molecule has 0 aliphatic heterocycles. The van der Waals surface area contributed by atoms with Crippen LogP contribution in [0.4, 0.5) is 9.18 Å². The summed E-state index contributed by atoms with van der Waals surface area (Å²) in [6, 6.07) is 12.0. The van der Waals surface area contributed by atoms with Gasteiger partial charge in [0.2, 0.25) is 5.06 Å². The Balaban J connectivity index is 1.35. The van der Waals surface area contributed by atoms with Gasteiger partial charge in [-0.25, -0.2) is 14.2 Å². The zero-order valence-electron chi connectivity index (χ0n) is 16.8. The Morgan fingerprint density at radius 1 is 1.19 bits per heavy atom. The van der Waals surface area contributed by atoms with Gasteiger partial charge in [-0.05, 0) is 48.7 Å². The summed E-state index contributed by atoms with van der Waals surface area (Å²) < 4.78 is 20.2. The molecule has 1 aromatic carbocycles. The number of rotatable bonds is 7. The fourth-order valence-electron chi connectivity index (χ4n) is 2.88. The molecule has 31 heavy (non-hydrogen) atoms. The Labute approximate surface area is 182 Å². The number of amides is 1. The number of thiazole rings is 1. The summed E-state index contributed by atoms with van der Waals surface area (Å²) >= 11 is 1.27. The van der Waals surface area contributed by atoms with Crippen LogP contribution in [0.1, 0.15) is 16.8 Å². The third-order valence-electron chi connectivity index (χ3n) is 4.50. The monoisotopic (exact) mass is 437 g/mol. The highest BCUT2D eigenvalue weighted by Crippen LogP contribution is 2.32. The van der Waals surface area contributed by atoms with Crippen LogP contribution in [0.25, 0.3) is 10.7 Å². The third-order valence-corrected chi connectivity index (χ3v) is 5.56. The maximum absolute atomic E-state index is 13.0. The summed E-state index contributed by atoms with van der Waals surface area (Å²) in [4.78, 5) is 20.6. The minimum atomic E-state index is -0.549. The topological polar surface area (TPSA) is 81.9 Å². The van der Waals surface area contributed by atoms with Crippen LogP contribution in [-0.2, 0) is 19.5 Å². The summed E-state index contributed by atoms with van der Waals surface area (Å²) in [5.41, 5.74) is 3.25. The molecule has 0 aliphatic rings. The lowest BCUT2D eigenvalue weighted by molar-refractivity contribution is 0.201. The highest BCUT2D eigenvalue weighted by Gasteiger charge is 2.16. The number of nitrogens with one attached hydrogen (secondary N) is 1. The number of hydrogen-bond donors (Lipinski definition) is 1. The number of nitrogens with zero attached hydrogens (tertiary/aromatic N) is 4. The Kier molecular flexibility index (Phi) is 6.32. The molecule has 3 aromatic heterocycles. The number of aromatic nitrogens is 4. The van der Waals surface area contributed by atoms with E-state index in [2.05, 4.69) is 20.4 Å². The van der Waals surface area contributed by atoms with Gasteiger partial charge in [-0.3, -0.25) is 9.67 Å². The van der Waals surface area contributed by atoms with Crippen LogP contribution in [-0.4, -0.2) is 25.8 Å². The van der Waals surface area contributed by atoms with Gasteiger partial charge in [-0.1, -0.05) is 29.5 Å². The molecule has 0 fully saturated rings. The maximum atomic E-state index is 13.0. The van der Waals surface area contributed by atoms with Crippen molar-refractivity contribution < 1.29 is 13.9 Å². The van der Waals surface area contributed by atoms with E-state index in [1.165, 1.54) is 23.5 Å². The van der Waals surface area contributed by atoms with Gasteiger partial charge in [0, 0.05) is 31.7 Å². The predicted molar refractivity (Wildman–Crippen MR) is 115 cm³/mol. The van der Waals surface area contributed by atoms with Crippen molar-refractivity contribution in [3.63, 3.8) is 0 Å². The lowest BCUT2D eigenvalue weighted by Gasteiger charge is -2.04. The fourth-order valence-corrected chi connectivity index (χ4v) is 3.76. The van der Waals surface area contributed by atoms with E-state index in [0.717, 1.165) is 17.5 Å². The van der Waals surface area contributed by atoms with E-state index in [4.69, 9.17) is 4.74 Å². The molecule has 3 heterocycles. The van der Waals surface area contributed by atoms with Crippen LogP contribution in [0, 0.1) is 12.7 Å². The highest BCUT2D eigenvalue weighted by molar-refractivity contribution is 7.17. The number of hydrogen-bond acceptors (Lipinski definition) is 6. The molecule has 0 saturated carbocycles. The molecule has 7 nitrogen and oxygen atoms in total. The summed E-state index contributed by atoms with van der Waals surface area (Å²) in [7, 11) is 0. The summed E-state index contributed by atoms with van der Waals surface area (Å²) in [6.07, 6.45) is 5.42. The number of benzene rings is 1. The van der Waals surface area contributed by atoms with Crippen molar-refractivity contribution >= 4 is 17.4 Å². The molecule has 0 atom stereocenters. The minimum absolute atomic E-state index is 0.243. The first kappa shape index (κ1) is 20.7. The van der Waals surface area contributed by atoms with E-state index in [-0.39, 0.29) is 5.82 Å². The van der Waals surface area contributed by atoms with Crippen molar-refractivity contribution in [1.29, 1.82) is 0 Å². The van der Waals surface area contributed by atoms with Crippen LogP contribution < -0.4 is 10.1 Å². The Bertz CT molecular complexity index is 1160. The first-order chi connectivity index (χ1) is 15.1. The van der Waals surface area contributed by atoms with Crippen LogP contribution in [0.5, 0.6) is 5.06 Å². The van der Waals surface area contributed by atoms with Gasteiger partial charge in [0.15, 0.2) is 0 Å². The van der Waals surface area contributed by atoms with Crippen molar-refractivity contribution in [2.45, 2.75) is 26.4 Å². The number of carbonyl (C=O) groups is 1. The number of aryl methyl sites for hydroxylation is 3. The van der Waals surface area contributed by atoms with Crippen molar-refractivity contribution in [2.24, 2.45) is 0 Å². The van der Waals surface area contributed by atoms with Crippen molar-refractivity contribution in [1.82, 2.24) is 25.1 Å². The van der Waals surface area contributed by atoms with Gasteiger partial charge >= 0.3 is 6.09 Å². The molecule has 1 N–H and O–H groups in total. The molecule has 1 amide bonds. The molecule has 0 aliphatic carbocycles. The molecule has 0 unspecified atom stereocenters. The molecule has 4 rings (SSSR count). The van der Waals surface area contributed by atoms with Crippen molar-refractivity contribution in [3.8, 4) is 15.8 Å². The van der Waals surface area contributed by atoms with E-state index in [0.29, 0.717) is 34.5 Å². The number of pyridine rings is 1. The number of ether oxygens (including phenoxy) is 1. The molecular formula is C22H20FN5O2S. The lowest BCUT2D eigenvalue weighted by Crippen LogP contribution is -2.26. The van der Waals surface area contributed by atoms with E-state index in [9.17, 15) is 9.18 Å². The molecule has 0 bridgehead atoms. The van der Waals surface area contributed by atoms with Gasteiger partial charge in [-0.2, -0.15) is 5.10 Å². The van der Waals surface area contributed by atoms with Crippen LogP contribution in [0.2, 0.25) is 0 Å². The van der Waals surface area contributed by atoms with Crippen LogP contribution >= 0.6 is 11.3 Å². The van der Waals surface area contributed by atoms with Gasteiger partial charge in [-0.15, -0.1) is 0 Å². The Hall–Kier alpha value is -3.59. The first-order valence-electron chi connectivity index (χ1n) is 9.67. The van der Waals surface area contributed by atoms with E-state index in [1.54, 1.807) is 37.5 Å². The Morgan fingerprint density at radius 2 is 2.03 bits per heavy atom. The molecule has 158 valence electrons. The van der Waals surface area contributed by atoms with Crippen LogP contribution in [0.3, 0.4) is 0 Å². The molecule has 0 saturated heterocycles. The van der Waals surface area contributed by atoms with Crippen molar-refractivity contribution in [3.05, 3.63) is 83.7 Å². The van der Waals surface area contributed by atoms with Crippen LogP contribution in [0.15, 0.2) is 61.1 Å². The zero-order chi connectivity index (χ0) is 21.6. The summed E-state index contributed by atoms with van der Waals surface area (Å²) in [5.74, 6) is -0.243. The number of halogens is 1. The standard InChI is InChI=1S/C22H20FN5O2S/c1-15-21(30-22(29)25-14-17-3-2-10-24-13-17)31-20(26-15)19-9-12-28(27-19)11-8-16-4-6-18(23)7-5-16/h2-7,9-10,12-13H,8,11,14H2,1H3,(H,25,29). The third kappa shape index (κ3) is 5.52. The second-order valence-corrected chi connectivity index (χ2v) is 7.80. The predicted octanol–water partition coefficient (Wildman–Crippen LogP) is 4.38. The van der Waals surface area contributed by atoms with E-state index < -0.39 is 6.09 Å². The quantitative estimate of drug-likeness (QED) is 0.464. The van der Waals surface area contributed by atoms with Crippen molar-refractivity contribution in [2.75, 3.05) is 0 Å². The van der Waals surface area contributed by atoms with Gasteiger partial charge in [0.25, 0.3) is 0 Å². The second kappa shape index (κ2) is 9.48. The van der Waals surface area contributed by atoms with Gasteiger partial charge < -0.3 is 10.1 Å².